The van der Waals surface area contributed by atoms with Gasteiger partial charge in [-0.2, -0.15) is 0 Å². The molecule has 0 aromatic heterocycles. The Kier molecular flexibility index (Phi) is 13.3. The molecule has 0 fully saturated rings. The largest absolute Gasteiger partial charge is 1.00 e. The second-order valence-electron chi connectivity index (χ2n) is 0.632. The summed E-state index contributed by atoms with van der Waals surface area (Å²) in [5.41, 5.74) is 0. The Morgan fingerprint density at radius 3 is 1.10 bits per heavy atom. The molecule has 0 amide bonds. The van der Waals surface area contributed by atoms with Gasteiger partial charge in [0.05, 0.1) is 5.09 Å². The Labute approximate surface area is 98.3 Å². The van der Waals surface area contributed by atoms with Crippen LogP contribution >= 0.6 is 0 Å². The quantitative estimate of drug-likeness (QED) is 0.125. The van der Waals surface area contributed by atoms with E-state index in [2.05, 4.69) is 0 Å². The predicted molar refractivity (Wildman–Crippen MR) is 20.8 cm³/mol. The van der Waals surface area contributed by atoms with Crippen LogP contribution in [0.1, 0.15) is 0 Å². The molecule has 0 aliphatic rings. The second-order valence-corrected chi connectivity index (χ2v) is 1.45. The van der Waals surface area contributed by atoms with Gasteiger partial charge in [-0.3, -0.25) is 8.42 Å². The van der Waals surface area contributed by atoms with Gasteiger partial charge in [-0.05, 0) is 0 Å². The molecule has 0 heterocycles. The molecule has 0 radical (unpaired) electrons. The van der Waals surface area contributed by atoms with Crippen molar-refractivity contribution in [3.63, 3.8) is 0 Å². The summed E-state index contributed by atoms with van der Waals surface area (Å²) < 4.78 is 34.1. The zero-order chi connectivity index (χ0) is 8.08. The summed E-state index contributed by atoms with van der Waals surface area (Å²) in [6.07, 6.45) is 0. The van der Waals surface area contributed by atoms with E-state index < -0.39 is 15.5 Å². The van der Waals surface area contributed by atoms with Crippen LogP contribution in [0.3, 0.4) is 0 Å². The molecule has 10 heavy (non-hydrogen) atoms. The molecule has 10 heteroatoms. The van der Waals surface area contributed by atoms with Crippen molar-refractivity contribution in [2.24, 2.45) is 0 Å². The van der Waals surface area contributed by atoms with Crippen molar-refractivity contribution in [2.45, 2.75) is 0 Å². The first-order valence-corrected chi connectivity index (χ1v) is 2.55. The summed E-state index contributed by atoms with van der Waals surface area (Å²) in [4.78, 5) is 8.25. The van der Waals surface area contributed by atoms with Gasteiger partial charge in [0.1, 0.15) is 0 Å². The van der Waals surface area contributed by atoms with E-state index in [9.17, 15) is 0 Å². The molecular formula is KNO7S-2. The SMILES string of the molecule is O=S(=O)([O-])[O-].O=[N+]([O-])[O-].[K+]. The molecule has 0 aromatic carbocycles. The summed E-state index contributed by atoms with van der Waals surface area (Å²) >= 11 is 0. The van der Waals surface area contributed by atoms with Crippen molar-refractivity contribution in [1.82, 2.24) is 0 Å². The Balaban J connectivity index is -0.0000000910. The van der Waals surface area contributed by atoms with Crippen LogP contribution in [0.2, 0.25) is 0 Å². The third-order valence-corrected chi connectivity index (χ3v) is 0. The van der Waals surface area contributed by atoms with E-state index in [1.165, 1.54) is 0 Å². The summed E-state index contributed by atoms with van der Waals surface area (Å²) in [6, 6.07) is 0. The van der Waals surface area contributed by atoms with Gasteiger partial charge in [-0.15, -0.1) is 0 Å². The van der Waals surface area contributed by atoms with Crippen LogP contribution in [-0.4, -0.2) is 22.6 Å². The molecule has 8 nitrogen and oxygen atoms in total. The van der Waals surface area contributed by atoms with E-state index in [4.69, 9.17) is 32.8 Å². The molecule has 56 valence electrons. The van der Waals surface area contributed by atoms with E-state index in [0.29, 0.717) is 0 Å². The van der Waals surface area contributed by atoms with E-state index in [1.54, 1.807) is 0 Å². The number of rotatable bonds is 0. The van der Waals surface area contributed by atoms with E-state index >= 15 is 0 Å². The smallest absolute Gasteiger partial charge is 0.759 e. The maximum Gasteiger partial charge on any atom is 1.00 e. The third kappa shape index (κ3) is 1040. The monoisotopic (exact) mass is 197 g/mol. The average molecular weight is 197 g/mol. The maximum atomic E-state index is 8.52. The van der Waals surface area contributed by atoms with Crippen LogP contribution in [0, 0.1) is 15.3 Å². The first-order chi connectivity index (χ1) is 3.73. The molecule has 0 saturated carbocycles. The fraction of sp³-hybridized carbons (Fsp3) is 0. The average Bonchev–Trinajstić information content (AvgIpc) is 1.19. The van der Waals surface area contributed by atoms with Gasteiger partial charge in [0, 0.05) is 10.4 Å². The maximum absolute atomic E-state index is 8.52. The van der Waals surface area contributed by atoms with Gasteiger partial charge in [-0.1, -0.05) is 0 Å². The molecule has 0 bridgehead atoms. The van der Waals surface area contributed by atoms with E-state index in [0.717, 1.165) is 0 Å². The minimum atomic E-state index is -5.17. The van der Waals surface area contributed by atoms with Crippen LogP contribution < -0.4 is 51.4 Å². The van der Waals surface area contributed by atoms with Crippen LogP contribution in [0.15, 0.2) is 0 Å². The van der Waals surface area contributed by atoms with Gasteiger partial charge in [0.15, 0.2) is 0 Å². The second kappa shape index (κ2) is 7.81. The van der Waals surface area contributed by atoms with Gasteiger partial charge in [0.25, 0.3) is 0 Å². The zero-order valence-corrected chi connectivity index (χ0v) is 8.65. The Morgan fingerprint density at radius 1 is 1.10 bits per heavy atom. The normalized spacial score (nSPS) is 8.20. The molecule has 0 N–H and O–H groups in total. The van der Waals surface area contributed by atoms with Gasteiger partial charge < -0.3 is 24.4 Å². The van der Waals surface area contributed by atoms with E-state index in [1.807, 2.05) is 0 Å². The van der Waals surface area contributed by atoms with E-state index in [-0.39, 0.29) is 51.4 Å². The summed E-state index contributed by atoms with van der Waals surface area (Å²) in [6.45, 7) is 0. The summed E-state index contributed by atoms with van der Waals surface area (Å²) in [7, 11) is -5.17. The molecule has 0 spiro atoms. The third-order valence-electron chi connectivity index (χ3n) is 0. The first kappa shape index (κ1) is 17.0. The number of nitrogens with zero attached hydrogens (tertiary/aromatic N) is 1. The summed E-state index contributed by atoms with van der Waals surface area (Å²) in [5, 5.41) is 14.8. The van der Waals surface area contributed by atoms with Crippen LogP contribution in [0.25, 0.3) is 0 Å². The molecule has 0 aliphatic heterocycles. The van der Waals surface area contributed by atoms with Gasteiger partial charge in [0.2, 0.25) is 0 Å². The van der Waals surface area contributed by atoms with Crippen molar-refractivity contribution < 1.29 is 74.0 Å². The first-order valence-electron chi connectivity index (χ1n) is 1.21. The van der Waals surface area contributed by atoms with Crippen LogP contribution in [0.4, 0.5) is 0 Å². The fourth-order valence-corrected chi connectivity index (χ4v) is 0. The Bertz CT molecular complexity index is 156. The predicted octanol–water partition coefficient (Wildman–Crippen LogP) is -4.57. The minimum Gasteiger partial charge on any atom is -0.759 e. The molecule has 0 aliphatic carbocycles. The molecule has 0 rings (SSSR count). The van der Waals surface area contributed by atoms with Crippen LogP contribution in [-0.2, 0) is 10.4 Å². The van der Waals surface area contributed by atoms with Crippen molar-refractivity contribution >= 4 is 10.4 Å². The number of hydrogen-bond donors (Lipinski definition) is 0. The van der Waals surface area contributed by atoms with Crippen molar-refractivity contribution in [3.8, 4) is 0 Å². The Hall–Kier alpha value is 0.706. The summed E-state index contributed by atoms with van der Waals surface area (Å²) in [5.74, 6) is 0. The van der Waals surface area contributed by atoms with Crippen molar-refractivity contribution in [2.75, 3.05) is 0 Å². The van der Waals surface area contributed by atoms with Crippen LogP contribution in [0.5, 0.6) is 0 Å². The van der Waals surface area contributed by atoms with Crippen molar-refractivity contribution in [3.05, 3.63) is 15.3 Å². The van der Waals surface area contributed by atoms with Gasteiger partial charge >= 0.3 is 51.4 Å². The molecule has 0 atom stereocenters. The topological polar surface area (TPSA) is 146 Å². The minimum absolute atomic E-state index is 0. The number of hydrogen-bond acceptors (Lipinski definition) is 7. The molecule has 0 saturated heterocycles. The molecule has 0 unspecified atom stereocenters. The van der Waals surface area contributed by atoms with Gasteiger partial charge in [-0.25, -0.2) is 0 Å². The molecule has 0 aromatic rings. The standard InChI is InChI=1S/K.NO3.H2O4S/c;2-1(3)4;1-5(2,3)4/h;;(H2,1,2,3,4)/q+1;-1;/p-2. The van der Waals surface area contributed by atoms with Crippen molar-refractivity contribution in [1.29, 1.82) is 0 Å². The Morgan fingerprint density at radius 2 is 1.10 bits per heavy atom. The zero-order valence-electron chi connectivity index (χ0n) is 4.71. The fourth-order valence-electron chi connectivity index (χ4n) is 0. The molecular weight excluding hydrogens is 197 g/mol.